The van der Waals surface area contributed by atoms with Gasteiger partial charge in [-0.3, -0.25) is 4.90 Å². The highest BCUT2D eigenvalue weighted by atomic mass is 16.5. The first-order valence-electron chi connectivity index (χ1n) is 5.51. The van der Waals surface area contributed by atoms with Crippen LogP contribution in [-0.4, -0.2) is 61.5 Å². The standard InChI is InChI=1S/C10H21N3O3/c1-8(3-5-15-2)13-4-6-16-9(7-13)10(11)12-14/h8-9,14H,3-7H2,1-2H3,(H2,11,12). The van der Waals surface area contributed by atoms with Crippen molar-refractivity contribution < 1.29 is 14.7 Å². The van der Waals surface area contributed by atoms with Crippen molar-refractivity contribution in [3.63, 3.8) is 0 Å². The largest absolute Gasteiger partial charge is 0.409 e. The molecule has 0 spiro atoms. The first-order valence-corrected chi connectivity index (χ1v) is 5.51. The molecule has 0 aromatic rings. The second-order valence-electron chi connectivity index (χ2n) is 4.01. The Bertz CT molecular complexity index is 235. The van der Waals surface area contributed by atoms with Gasteiger partial charge in [0, 0.05) is 32.8 Å². The van der Waals surface area contributed by atoms with Gasteiger partial charge in [-0.2, -0.15) is 0 Å². The van der Waals surface area contributed by atoms with Crippen molar-refractivity contribution in [2.75, 3.05) is 33.4 Å². The van der Waals surface area contributed by atoms with Gasteiger partial charge in [-0.05, 0) is 13.3 Å². The summed E-state index contributed by atoms with van der Waals surface area (Å²) in [6.45, 7) is 5.04. The average Bonchev–Trinajstić information content (AvgIpc) is 2.35. The van der Waals surface area contributed by atoms with Gasteiger partial charge in [-0.15, -0.1) is 0 Å². The summed E-state index contributed by atoms with van der Waals surface area (Å²) in [6, 6.07) is 0.415. The van der Waals surface area contributed by atoms with E-state index in [1.165, 1.54) is 0 Å². The van der Waals surface area contributed by atoms with E-state index in [1.807, 2.05) is 0 Å². The summed E-state index contributed by atoms with van der Waals surface area (Å²) >= 11 is 0. The Morgan fingerprint density at radius 3 is 3.12 bits per heavy atom. The predicted molar refractivity (Wildman–Crippen MR) is 60.7 cm³/mol. The van der Waals surface area contributed by atoms with E-state index in [1.54, 1.807) is 7.11 Å². The maximum atomic E-state index is 8.60. The lowest BCUT2D eigenvalue weighted by molar-refractivity contribution is -0.0147. The van der Waals surface area contributed by atoms with Crippen LogP contribution in [0.4, 0.5) is 0 Å². The van der Waals surface area contributed by atoms with Gasteiger partial charge in [0.2, 0.25) is 0 Å². The minimum absolute atomic E-state index is 0.142. The van der Waals surface area contributed by atoms with Crippen LogP contribution < -0.4 is 5.73 Å². The molecule has 0 bridgehead atoms. The van der Waals surface area contributed by atoms with Crippen molar-refractivity contribution in [1.82, 2.24) is 4.90 Å². The highest BCUT2D eigenvalue weighted by Crippen LogP contribution is 2.11. The van der Waals surface area contributed by atoms with Gasteiger partial charge < -0.3 is 20.4 Å². The molecule has 6 nitrogen and oxygen atoms in total. The zero-order valence-electron chi connectivity index (χ0n) is 9.93. The normalized spacial score (nSPS) is 25.6. The minimum Gasteiger partial charge on any atom is -0.409 e. The Hall–Kier alpha value is -0.850. The molecule has 0 aromatic carbocycles. The summed E-state index contributed by atoms with van der Waals surface area (Å²) in [6.07, 6.45) is 0.670. The Balaban J connectivity index is 2.43. The summed E-state index contributed by atoms with van der Waals surface area (Å²) in [5, 5.41) is 11.6. The molecule has 0 aliphatic carbocycles. The molecule has 94 valence electrons. The molecule has 1 rings (SSSR count). The van der Waals surface area contributed by atoms with E-state index in [0.29, 0.717) is 19.2 Å². The van der Waals surface area contributed by atoms with E-state index >= 15 is 0 Å². The molecule has 1 fully saturated rings. The fraction of sp³-hybridized carbons (Fsp3) is 0.900. The third kappa shape index (κ3) is 3.62. The zero-order valence-corrected chi connectivity index (χ0v) is 9.93. The number of morpholine rings is 1. The fourth-order valence-corrected chi connectivity index (χ4v) is 1.78. The second-order valence-corrected chi connectivity index (χ2v) is 4.01. The van der Waals surface area contributed by atoms with Crippen LogP contribution in [0.25, 0.3) is 0 Å². The van der Waals surface area contributed by atoms with Gasteiger partial charge in [-0.25, -0.2) is 0 Å². The average molecular weight is 231 g/mol. The van der Waals surface area contributed by atoms with Crippen molar-refractivity contribution in [3.8, 4) is 0 Å². The van der Waals surface area contributed by atoms with Crippen LogP contribution in [0.5, 0.6) is 0 Å². The van der Waals surface area contributed by atoms with E-state index in [2.05, 4.69) is 17.0 Å². The molecule has 1 heterocycles. The Morgan fingerprint density at radius 2 is 2.50 bits per heavy atom. The van der Waals surface area contributed by atoms with Crippen LogP contribution in [0.15, 0.2) is 5.16 Å². The Labute approximate surface area is 96.0 Å². The third-order valence-corrected chi connectivity index (χ3v) is 2.91. The van der Waals surface area contributed by atoms with E-state index in [0.717, 1.165) is 19.6 Å². The molecule has 0 aromatic heterocycles. The van der Waals surface area contributed by atoms with Crippen LogP contribution in [0.1, 0.15) is 13.3 Å². The van der Waals surface area contributed by atoms with Gasteiger partial charge in [0.05, 0.1) is 6.61 Å². The number of nitrogens with two attached hydrogens (primary N) is 1. The molecule has 0 radical (unpaired) electrons. The molecule has 1 aliphatic heterocycles. The van der Waals surface area contributed by atoms with E-state index in [9.17, 15) is 0 Å². The monoisotopic (exact) mass is 231 g/mol. The topological polar surface area (TPSA) is 80.3 Å². The van der Waals surface area contributed by atoms with Gasteiger partial charge in [0.25, 0.3) is 0 Å². The van der Waals surface area contributed by atoms with Crippen LogP contribution in [0.2, 0.25) is 0 Å². The minimum atomic E-state index is -0.302. The number of oxime groups is 1. The number of hydrogen-bond donors (Lipinski definition) is 2. The van der Waals surface area contributed by atoms with E-state index in [4.69, 9.17) is 20.4 Å². The molecular formula is C10H21N3O3. The SMILES string of the molecule is COCCC(C)N1CCOC(C(N)=NO)C1. The zero-order chi connectivity index (χ0) is 12.0. The highest BCUT2D eigenvalue weighted by Gasteiger charge is 2.26. The van der Waals surface area contributed by atoms with Crippen molar-refractivity contribution in [3.05, 3.63) is 0 Å². The van der Waals surface area contributed by atoms with Crippen LogP contribution in [-0.2, 0) is 9.47 Å². The van der Waals surface area contributed by atoms with Gasteiger partial charge >= 0.3 is 0 Å². The molecular weight excluding hydrogens is 210 g/mol. The molecule has 3 N–H and O–H groups in total. The van der Waals surface area contributed by atoms with Crippen LogP contribution in [0.3, 0.4) is 0 Å². The molecule has 6 heteroatoms. The highest BCUT2D eigenvalue weighted by molar-refractivity contribution is 5.84. The number of amidine groups is 1. The molecule has 1 saturated heterocycles. The number of hydrogen-bond acceptors (Lipinski definition) is 5. The fourth-order valence-electron chi connectivity index (χ4n) is 1.78. The quantitative estimate of drug-likeness (QED) is 0.298. The smallest absolute Gasteiger partial charge is 0.169 e. The summed E-state index contributed by atoms with van der Waals surface area (Å²) in [4.78, 5) is 2.27. The molecule has 0 amide bonds. The molecule has 2 atom stereocenters. The summed E-state index contributed by atoms with van der Waals surface area (Å²) in [5.74, 6) is 0.142. The van der Waals surface area contributed by atoms with Crippen LogP contribution >= 0.6 is 0 Å². The van der Waals surface area contributed by atoms with Gasteiger partial charge in [0.15, 0.2) is 5.84 Å². The molecule has 1 aliphatic rings. The van der Waals surface area contributed by atoms with Crippen molar-refractivity contribution in [2.24, 2.45) is 10.9 Å². The summed E-state index contributed by atoms with van der Waals surface area (Å²) < 4.78 is 10.5. The molecule has 16 heavy (non-hydrogen) atoms. The van der Waals surface area contributed by atoms with Crippen molar-refractivity contribution in [1.29, 1.82) is 0 Å². The van der Waals surface area contributed by atoms with E-state index < -0.39 is 0 Å². The summed E-state index contributed by atoms with van der Waals surface area (Å²) in [5.41, 5.74) is 5.53. The lowest BCUT2D eigenvalue weighted by Crippen LogP contribution is -2.51. The Morgan fingerprint density at radius 1 is 1.75 bits per heavy atom. The Kier molecular flexibility index (Phi) is 5.51. The lowest BCUT2D eigenvalue weighted by Gasteiger charge is -2.36. The maximum absolute atomic E-state index is 8.60. The first-order chi connectivity index (χ1) is 7.69. The number of rotatable bonds is 5. The molecule has 0 saturated carbocycles. The number of methoxy groups -OCH3 is 1. The second kappa shape index (κ2) is 6.67. The van der Waals surface area contributed by atoms with Crippen molar-refractivity contribution in [2.45, 2.75) is 25.5 Å². The van der Waals surface area contributed by atoms with Crippen molar-refractivity contribution >= 4 is 5.84 Å². The number of ether oxygens (including phenoxy) is 2. The van der Waals surface area contributed by atoms with Gasteiger partial charge in [-0.1, -0.05) is 5.16 Å². The van der Waals surface area contributed by atoms with Crippen LogP contribution in [0, 0.1) is 0 Å². The van der Waals surface area contributed by atoms with Gasteiger partial charge in [0.1, 0.15) is 6.10 Å². The lowest BCUT2D eigenvalue weighted by atomic mass is 10.1. The maximum Gasteiger partial charge on any atom is 0.169 e. The summed E-state index contributed by atoms with van der Waals surface area (Å²) in [7, 11) is 1.70. The van der Waals surface area contributed by atoms with E-state index in [-0.39, 0.29) is 11.9 Å². The molecule has 2 unspecified atom stereocenters. The number of nitrogens with zero attached hydrogens (tertiary/aromatic N) is 2. The first kappa shape index (κ1) is 13.2. The predicted octanol–water partition coefficient (Wildman–Crippen LogP) is -0.141. The third-order valence-electron chi connectivity index (χ3n) is 2.91.